The van der Waals surface area contributed by atoms with Crippen molar-refractivity contribution in [1.82, 2.24) is 0 Å². The largest absolute Gasteiger partial charge is 0.310 e. The van der Waals surface area contributed by atoms with Gasteiger partial charge in [0.2, 0.25) is 0 Å². The topological polar surface area (TPSA) is 13.0 Å². The first-order chi connectivity index (χ1) is 52.3. The number of anilines is 12. The van der Waals surface area contributed by atoms with Gasteiger partial charge in [0.05, 0.1) is 22.7 Å². The fourth-order valence-corrected chi connectivity index (χ4v) is 29.8. The third-order valence-corrected chi connectivity index (χ3v) is 33.1. The van der Waals surface area contributed by atoms with Crippen LogP contribution in [0.15, 0.2) is 182 Å². The van der Waals surface area contributed by atoms with Crippen molar-refractivity contribution in [2.45, 2.75) is 206 Å². The van der Waals surface area contributed by atoms with Gasteiger partial charge in [0.15, 0.2) is 0 Å². The van der Waals surface area contributed by atoms with E-state index in [-0.39, 0.29) is 56.7 Å². The number of hydrogen-bond acceptors (Lipinski definition) is 8. The van der Waals surface area contributed by atoms with E-state index in [1.165, 1.54) is 194 Å². The summed E-state index contributed by atoms with van der Waals surface area (Å²) >= 11 is 8.30. The number of nitrogens with zero attached hydrogens (tertiary/aromatic N) is 4. The Kier molecular flexibility index (Phi) is 13.8. The lowest BCUT2D eigenvalue weighted by molar-refractivity contribution is 0.284. The van der Waals surface area contributed by atoms with Gasteiger partial charge in [0, 0.05) is 105 Å². The van der Waals surface area contributed by atoms with Crippen LogP contribution in [0.25, 0.3) is 40.3 Å². The standard InChI is InChI=1S/C100H96B2N4S4/c1-55-29-33-61(34-30-55)105-77-41-58(4)42-78-84(77)102(90-86(105)64-44-68-70(48-80(64)108-90)96(11,12)52-94(68,7)8)92-88(106(78)62-35-31-56(2)32-36-62)66-46-74-72(50-82(66)110-92)98(15,16)54-100(74,18)38-37-99(17)53-97(13,14)71-49-81-65(45-73(71)99)87-91(109-81)101-83-75(39-57(3)40-76(83)104(87)60-27-23-20-24-28-60)103(59-25-21-19-22-26-59)85-63-43-67-69(47-79(63)107-89(85)101)95(9,10)51-93(67,5)6/h19-36,39-50H,37-38,51-54H2,1-18H3. The fraction of sp³-hybridized carbons (Fsp3) is 0.320. The average molecular weight is 1500 g/mol. The summed E-state index contributed by atoms with van der Waals surface area (Å²) in [6.07, 6.45) is 6.70. The Hall–Kier alpha value is -8.63. The van der Waals surface area contributed by atoms with Gasteiger partial charge in [-0.3, -0.25) is 0 Å². The van der Waals surface area contributed by atoms with Gasteiger partial charge in [-0.25, -0.2) is 0 Å². The molecule has 4 nitrogen and oxygen atoms in total. The Morgan fingerprint density at radius 2 is 0.518 bits per heavy atom. The lowest BCUT2D eigenvalue weighted by Gasteiger charge is -2.42. The lowest BCUT2D eigenvalue weighted by atomic mass is 9.39. The molecule has 0 spiro atoms. The van der Waals surface area contributed by atoms with E-state index in [4.69, 9.17) is 0 Å². The molecule has 10 heteroatoms. The zero-order valence-electron chi connectivity index (χ0n) is 67.1. The molecule has 0 saturated carbocycles. The van der Waals surface area contributed by atoms with E-state index in [1.54, 1.807) is 11.1 Å². The Balaban J connectivity index is 0.703. The van der Waals surface area contributed by atoms with Crippen LogP contribution in [0.3, 0.4) is 0 Å². The van der Waals surface area contributed by atoms with Crippen LogP contribution in [0.2, 0.25) is 0 Å². The van der Waals surface area contributed by atoms with E-state index in [0.717, 1.165) is 38.5 Å². The van der Waals surface area contributed by atoms with Crippen molar-refractivity contribution < 1.29 is 0 Å². The van der Waals surface area contributed by atoms with E-state index >= 15 is 0 Å². The second-order valence-corrected chi connectivity index (χ2v) is 43.8. The van der Waals surface area contributed by atoms with Crippen LogP contribution in [0.4, 0.5) is 68.2 Å². The summed E-state index contributed by atoms with van der Waals surface area (Å²) in [5.74, 6) is 0. The highest BCUT2D eigenvalue weighted by atomic mass is 32.1. The zero-order valence-corrected chi connectivity index (χ0v) is 70.4. The van der Waals surface area contributed by atoms with E-state index in [1.807, 2.05) is 0 Å². The summed E-state index contributed by atoms with van der Waals surface area (Å²) in [7, 11) is 0. The van der Waals surface area contributed by atoms with Crippen molar-refractivity contribution in [2.24, 2.45) is 0 Å². The molecule has 0 fully saturated rings. The summed E-state index contributed by atoms with van der Waals surface area (Å²) in [4.78, 5) is 10.8. The first kappa shape index (κ1) is 68.2. The van der Waals surface area contributed by atoms with Gasteiger partial charge < -0.3 is 19.6 Å². The van der Waals surface area contributed by atoms with Gasteiger partial charge in [-0.05, 0) is 297 Å². The maximum absolute atomic E-state index is 2.76. The van der Waals surface area contributed by atoms with Crippen LogP contribution in [0, 0.1) is 27.7 Å². The maximum atomic E-state index is 2.76. The van der Waals surface area contributed by atoms with Crippen molar-refractivity contribution in [3.05, 3.63) is 249 Å². The Morgan fingerprint density at radius 1 is 0.273 bits per heavy atom. The second-order valence-electron chi connectivity index (χ2n) is 39.5. The SMILES string of the molecule is Cc1ccc(N2c3cc(C)cc4c3B(c3sc5cc6c(cc5c32)C(C)(C)CC6(C)C)c2sc3cc5c(cc3c2N4c2ccc(C)cc2)C(C)(CCC2(C)CC(C)(C)c3cc4sc6c(c4cc32)N(c2ccccc2)c2cc(C)cc3c2B6c2sc4cc6c(cc4c2N3c2ccccc2)C(C)(C)CC6(C)C)CC5(C)C)cc1. The second kappa shape index (κ2) is 22.2. The number of hydrogen-bond donors (Lipinski definition) is 0. The molecule has 546 valence electrons. The summed E-state index contributed by atoms with van der Waals surface area (Å²) < 4.78 is 11.5. The van der Waals surface area contributed by atoms with E-state index in [0.29, 0.717) is 0 Å². The lowest BCUT2D eigenvalue weighted by Crippen LogP contribution is -2.59. The molecule has 14 aromatic rings. The molecule has 0 amide bonds. The molecule has 4 aliphatic heterocycles. The molecule has 4 aromatic heterocycles. The molecule has 8 heterocycles. The first-order valence-corrected chi connectivity index (χ1v) is 43.7. The Labute approximate surface area is 667 Å². The Bertz CT molecular complexity index is 6420. The van der Waals surface area contributed by atoms with Gasteiger partial charge in [0.1, 0.15) is 0 Å². The molecular formula is C100H96B2N4S4. The molecular weight excluding hydrogens is 1410 g/mol. The number of fused-ring (bicyclic) bond motifs is 20. The molecule has 2 atom stereocenters. The van der Waals surface area contributed by atoms with Crippen molar-refractivity contribution in [3.8, 4) is 0 Å². The molecule has 8 aliphatic rings. The van der Waals surface area contributed by atoms with Gasteiger partial charge in [-0.15, -0.1) is 45.3 Å². The monoisotopic (exact) mass is 1500 g/mol. The normalized spacial score (nSPS) is 21.0. The minimum absolute atomic E-state index is 0.0296. The zero-order chi connectivity index (χ0) is 75.7. The van der Waals surface area contributed by atoms with Crippen molar-refractivity contribution in [1.29, 1.82) is 0 Å². The number of para-hydroxylation sites is 2. The minimum atomic E-state index is -0.0833. The van der Waals surface area contributed by atoms with E-state index in [2.05, 4.69) is 372 Å². The molecule has 0 bridgehead atoms. The summed E-state index contributed by atoms with van der Waals surface area (Å²) in [5.41, 5.74) is 35.8. The number of thiophene rings is 4. The molecule has 10 aromatic carbocycles. The number of benzene rings is 10. The molecule has 2 unspecified atom stereocenters. The van der Waals surface area contributed by atoms with Crippen LogP contribution < -0.4 is 49.6 Å². The number of rotatable bonds is 7. The third kappa shape index (κ3) is 9.25. The third-order valence-electron chi connectivity index (χ3n) is 28.3. The maximum Gasteiger partial charge on any atom is 0.277 e. The quantitative estimate of drug-likeness (QED) is 0.147. The summed E-state index contributed by atoms with van der Waals surface area (Å²) in [6, 6.07) is 73.1. The van der Waals surface area contributed by atoms with E-state index in [9.17, 15) is 0 Å². The average Bonchev–Trinajstić information content (AvgIpc) is 1.49. The fourth-order valence-electron chi connectivity index (χ4n) is 24.3. The highest BCUT2D eigenvalue weighted by Gasteiger charge is 2.55. The minimum Gasteiger partial charge on any atom is -0.310 e. The van der Waals surface area contributed by atoms with Gasteiger partial charge in [-0.2, -0.15) is 0 Å². The van der Waals surface area contributed by atoms with Crippen LogP contribution in [-0.4, -0.2) is 13.4 Å². The van der Waals surface area contributed by atoms with Crippen LogP contribution in [-0.2, 0) is 43.3 Å². The highest BCUT2D eigenvalue weighted by molar-refractivity contribution is 7.42. The molecule has 0 N–H and O–H groups in total. The van der Waals surface area contributed by atoms with Crippen LogP contribution in [0.5, 0.6) is 0 Å². The predicted octanol–water partition coefficient (Wildman–Crippen LogP) is 25.2. The Morgan fingerprint density at radius 3 is 0.809 bits per heavy atom. The molecule has 22 rings (SSSR count). The summed E-state index contributed by atoms with van der Waals surface area (Å²) in [6.45, 7) is 44.7. The van der Waals surface area contributed by atoms with Crippen molar-refractivity contribution in [3.63, 3.8) is 0 Å². The first-order valence-electron chi connectivity index (χ1n) is 40.5. The van der Waals surface area contributed by atoms with Gasteiger partial charge in [0.25, 0.3) is 13.4 Å². The van der Waals surface area contributed by atoms with Gasteiger partial charge in [-0.1, -0.05) is 169 Å². The molecule has 0 radical (unpaired) electrons. The predicted molar refractivity (Wildman–Crippen MR) is 482 cm³/mol. The summed E-state index contributed by atoms with van der Waals surface area (Å²) in [5, 5.41) is 5.57. The van der Waals surface area contributed by atoms with Crippen LogP contribution in [0.1, 0.15) is 202 Å². The molecule has 4 aliphatic carbocycles. The number of aryl methyl sites for hydroxylation is 4. The van der Waals surface area contributed by atoms with Gasteiger partial charge >= 0.3 is 0 Å². The highest BCUT2D eigenvalue weighted by Crippen LogP contribution is 2.63. The van der Waals surface area contributed by atoms with Crippen molar-refractivity contribution >= 4 is 197 Å². The van der Waals surface area contributed by atoms with Crippen molar-refractivity contribution in [2.75, 3.05) is 19.6 Å². The smallest absolute Gasteiger partial charge is 0.277 e. The van der Waals surface area contributed by atoms with E-state index < -0.39 is 0 Å². The molecule has 0 saturated heterocycles. The molecule has 110 heavy (non-hydrogen) atoms. The van der Waals surface area contributed by atoms with Crippen LogP contribution >= 0.6 is 45.3 Å².